The van der Waals surface area contributed by atoms with Crippen LogP contribution in [0.1, 0.15) is 181 Å². The van der Waals surface area contributed by atoms with E-state index in [-0.39, 0.29) is 28.4 Å². The first kappa shape index (κ1) is 48.6. The van der Waals surface area contributed by atoms with Crippen LogP contribution < -0.4 is 21.1 Å². The van der Waals surface area contributed by atoms with Crippen LogP contribution in [0.25, 0.3) is 55.0 Å². The largest absolute Gasteiger partial charge is 0.458 e. The van der Waals surface area contributed by atoms with E-state index in [1.165, 1.54) is 98.9 Å². The highest BCUT2D eigenvalue weighted by atomic mass is 16.5. The molecule has 10 rings (SSSR count). The Balaban J connectivity index is 1.24. The van der Waals surface area contributed by atoms with Crippen molar-refractivity contribution in [3.05, 3.63) is 160 Å². The van der Waals surface area contributed by atoms with Gasteiger partial charge in [0, 0.05) is 45.1 Å². The second kappa shape index (κ2) is 16.8. The number of benzene rings is 7. The smallest absolute Gasteiger partial charge is 0.251 e. The lowest BCUT2D eigenvalue weighted by Crippen LogP contribution is -2.57. The molecular formula is C67H77BN2O. The van der Waals surface area contributed by atoms with Crippen LogP contribution in [-0.2, 0) is 21.7 Å². The number of hydrogen-bond donors (Lipinski definition) is 0. The first-order chi connectivity index (χ1) is 33.2. The summed E-state index contributed by atoms with van der Waals surface area (Å²) in [6.07, 6.45) is 0. The topological polar surface area (TPSA) is 19.1 Å². The number of nitrogens with zero attached hydrogens (tertiary/aromatic N) is 2. The molecule has 0 saturated heterocycles. The molecule has 3 nitrogen and oxygen atoms in total. The molecule has 3 heterocycles. The van der Waals surface area contributed by atoms with Crippen molar-refractivity contribution < 1.29 is 4.74 Å². The van der Waals surface area contributed by atoms with E-state index in [9.17, 15) is 0 Å². The SMILES string of the molecule is CC(C)c1cc(C(C)C)c(B2c3ccc(-n4c5ccc(C(C)(C)C)cc5c5cc(C(C)(C)C)ccc54)cc3Oc3cc(-n4c5ccc(C(C)(C)C)cc5c5cc(C(C)(C)C)ccc54)ccc32)c(C(C)C)c1. The quantitative estimate of drug-likeness (QED) is 0.152. The fraction of sp³-hybridized carbons (Fsp3) is 0.373. The van der Waals surface area contributed by atoms with Crippen molar-refractivity contribution in [2.24, 2.45) is 0 Å². The zero-order valence-electron chi connectivity index (χ0n) is 46.2. The highest BCUT2D eigenvalue weighted by Crippen LogP contribution is 2.42. The van der Waals surface area contributed by atoms with Crippen LogP contribution in [0.15, 0.2) is 121 Å². The average Bonchev–Trinajstić information content (AvgIpc) is 3.80. The molecule has 0 amide bonds. The van der Waals surface area contributed by atoms with Gasteiger partial charge >= 0.3 is 0 Å². The van der Waals surface area contributed by atoms with Crippen molar-refractivity contribution in [3.8, 4) is 22.9 Å². The van der Waals surface area contributed by atoms with Crippen LogP contribution in [0.3, 0.4) is 0 Å². The van der Waals surface area contributed by atoms with E-state index in [0.29, 0.717) is 17.8 Å². The van der Waals surface area contributed by atoms with Gasteiger partial charge in [-0.05, 0) is 150 Å². The normalized spacial score (nSPS) is 13.7. The van der Waals surface area contributed by atoms with Crippen molar-refractivity contribution in [2.45, 2.75) is 164 Å². The van der Waals surface area contributed by atoms with Gasteiger partial charge in [-0.2, -0.15) is 0 Å². The highest BCUT2D eigenvalue weighted by molar-refractivity contribution is 6.97. The summed E-state index contributed by atoms with van der Waals surface area (Å²) < 4.78 is 12.4. The Kier molecular flexibility index (Phi) is 11.5. The number of fused-ring (bicyclic) bond motifs is 8. The lowest BCUT2D eigenvalue weighted by atomic mass is 9.34. The van der Waals surface area contributed by atoms with Crippen molar-refractivity contribution >= 4 is 66.7 Å². The molecule has 0 radical (unpaired) electrons. The predicted octanol–water partition coefficient (Wildman–Crippen LogP) is 17.1. The molecule has 9 aromatic rings. The first-order valence-electron chi connectivity index (χ1n) is 26.5. The molecular weight excluding hydrogens is 860 g/mol. The molecule has 0 aliphatic carbocycles. The fourth-order valence-electron chi connectivity index (χ4n) is 11.4. The van der Waals surface area contributed by atoms with E-state index in [4.69, 9.17) is 4.74 Å². The van der Waals surface area contributed by atoms with E-state index in [1.807, 2.05) is 0 Å². The van der Waals surface area contributed by atoms with E-state index in [1.54, 1.807) is 0 Å². The number of ether oxygens (including phenoxy) is 1. The van der Waals surface area contributed by atoms with E-state index in [0.717, 1.165) is 22.9 Å². The molecule has 2 aromatic heterocycles. The van der Waals surface area contributed by atoms with Gasteiger partial charge in [0.25, 0.3) is 6.71 Å². The van der Waals surface area contributed by atoms with Gasteiger partial charge in [0.1, 0.15) is 11.5 Å². The summed E-state index contributed by atoms with van der Waals surface area (Å²) in [6.45, 7) is 41.9. The maximum Gasteiger partial charge on any atom is 0.251 e. The predicted molar refractivity (Wildman–Crippen MR) is 310 cm³/mol. The summed E-state index contributed by atoms with van der Waals surface area (Å²) in [7, 11) is 0. The average molecular weight is 937 g/mol. The van der Waals surface area contributed by atoms with Gasteiger partial charge in [-0.1, -0.05) is 179 Å². The molecule has 0 atom stereocenters. The molecule has 71 heavy (non-hydrogen) atoms. The molecule has 7 aromatic carbocycles. The molecule has 0 saturated carbocycles. The van der Waals surface area contributed by atoms with Gasteiger partial charge in [-0.25, -0.2) is 0 Å². The summed E-state index contributed by atoms with van der Waals surface area (Å²) in [4.78, 5) is 0. The summed E-state index contributed by atoms with van der Waals surface area (Å²) >= 11 is 0. The second-order valence-electron chi connectivity index (χ2n) is 26.2. The van der Waals surface area contributed by atoms with Crippen LogP contribution in [0.2, 0.25) is 0 Å². The Morgan fingerprint density at radius 2 is 0.676 bits per heavy atom. The standard InChI is InChI=1S/C67H77BN2O/c1-39(2)42-31-49(40(3)4)63(50(32-42)41(5)6)68-55-25-23-47(69-57-27-19-43(64(7,8)9)33-51(57)52-34-44(65(10,11)12)20-28-58(52)69)37-61(55)71-62-38-48(24-26-56(62)68)70-59-29-21-45(66(13,14)15)35-53(59)54-36-46(67(16,17)18)22-30-60(54)70/h19-41H,1-18H3. The monoisotopic (exact) mass is 937 g/mol. The van der Waals surface area contributed by atoms with Crippen molar-refractivity contribution in [1.29, 1.82) is 0 Å². The number of rotatable bonds is 6. The summed E-state index contributed by atoms with van der Waals surface area (Å²) in [6, 6.07) is 47.6. The Labute approximate surface area is 425 Å². The lowest BCUT2D eigenvalue weighted by Gasteiger charge is -2.32. The van der Waals surface area contributed by atoms with E-state index >= 15 is 0 Å². The molecule has 1 aliphatic heterocycles. The zero-order valence-corrected chi connectivity index (χ0v) is 46.2. The fourth-order valence-corrected chi connectivity index (χ4v) is 11.4. The van der Waals surface area contributed by atoms with Crippen LogP contribution >= 0.6 is 0 Å². The molecule has 4 heteroatoms. The Hall–Kier alpha value is -6.00. The summed E-state index contributed by atoms with van der Waals surface area (Å²) in [5.74, 6) is 2.91. The maximum atomic E-state index is 7.45. The first-order valence-corrected chi connectivity index (χ1v) is 26.5. The number of aromatic nitrogens is 2. The number of hydrogen-bond acceptors (Lipinski definition) is 1. The van der Waals surface area contributed by atoms with Crippen molar-refractivity contribution in [2.75, 3.05) is 0 Å². The van der Waals surface area contributed by atoms with Gasteiger partial charge < -0.3 is 13.9 Å². The van der Waals surface area contributed by atoms with Crippen LogP contribution in [0.5, 0.6) is 11.5 Å². The summed E-state index contributed by atoms with van der Waals surface area (Å²) in [5, 5.41) is 5.14. The van der Waals surface area contributed by atoms with Crippen LogP contribution in [0.4, 0.5) is 0 Å². The third-order valence-electron chi connectivity index (χ3n) is 15.8. The highest BCUT2D eigenvalue weighted by Gasteiger charge is 2.38. The van der Waals surface area contributed by atoms with Crippen LogP contribution in [0, 0.1) is 0 Å². The third-order valence-corrected chi connectivity index (χ3v) is 15.8. The maximum absolute atomic E-state index is 7.45. The minimum Gasteiger partial charge on any atom is -0.458 e. The minimum absolute atomic E-state index is 0.0200. The van der Waals surface area contributed by atoms with E-state index < -0.39 is 0 Å². The Bertz CT molecular complexity index is 3210. The second-order valence-corrected chi connectivity index (χ2v) is 26.2. The molecule has 364 valence electrons. The Morgan fingerprint density at radius 1 is 0.366 bits per heavy atom. The van der Waals surface area contributed by atoms with Crippen molar-refractivity contribution in [3.63, 3.8) is 0 Å². The van der Waals surface area contributed by atoms with E-state index in [2.05, 4.69) is 255 Å². The Morgan fingerprint density at radius 3 is 0.944 bits per heavy atom. The van der Waals surface area contributed by atoms with Gasteiger partial charge in [0.2, 0.25) is 0 Å². The van der Waals surface area contributed by atoms with Gasteiger partial charge in [0.05, 0.1) is 22.1 Å². The van der Waals surface area contributed by atoms with Gasteiger partial charge in [0.15, 0.2) is 0 Å². The van der Waals surface area contributed by atoms with Gasteiger partial charge in [-0.15, -0.1) is 0 Å². The van der Waals surface area contributed by atoms with Crippen LogP contribution in [-0.4, -0.2) is 15.8 Å². The molecule has 1 aliphatic rings. The zero-order chi connectivity index (χ0) is 51.0. The molecule has 0 N–H and O–H groups in total. The summed E-state index contributed by atoms with van der Waals surface area (Å²) in [5.41, 5.74) is 20.6. The van der Waals surface area contributed by atoms with Gasteiger partial charge in [-0.3, -0.25) is 0 Å². The minimum atomic E-state index is -0.0310. The molecule has 0 spiro atoms. The molecule has 0 unspecified atom stereocenters. The lowest BCUT2D eigenvalue weighted by molar-refractivity contribution is 0.487. The molecule has 0 fully saturated rings. The third kappa shape index (κ3) is 8.32. The van der Waals surface area contributed by atoms with Crippen molar-refractivity contribution in [1.82, 2.24) is 9.13 Å². The molecule has 0 bridgehead atoms.